The van der Waals surface area contributed by atoms with Crippen LogP contribution in [-0.2, 0) is 23.7 Å². The molecule has 2 saturated carbocycles. The monoisotopic (exact) mass is 386 g/mol. The van der Waals surface area contributed by atoms with Gasteiger partial charge in [-0.1, -0.05) is 44.2 Å². The highest BCUT2D eigenvalue weighted by Gasteiger charge is 2.84. The lowest BCUT2D eigenvalue weighted by molar-refractivity contribution is -0.348. The molecule has 0 radical (unpaired) electrons. The van der Waals surface area contributed by atoms with E-state index in [1.54, 1.807) is 0 Å². The minimum Gasteiger partial charge on any atom is -0.390 e. The first-order chi connectivity index (χ1) is 13.4. The van der Waals surface area contributed by atoms with Crippen molar-refractivity contribution in [3.63, 3.8) is 0 Å². The molecule has 3 aliphatic heterocycles. The summed E-state index contributed by atoms with van der Waals surface area (Å²) in [6, 6.07) is 9.74. The number of rotatable bonds is 1. The molecule has 1 aromatic rings. The average Bonchev–Trinajstić information content (AvgIpc) is 3.47. The number of carbonyl (C=O) groups is 1. The van der Waals surface area contributed by atoms with Crippen molar-refractivity contribution in [2.75, 3.05) is 13.2 Å². The summed E-state index contributed by atoms with van der Waals surface area (Å²) in [6.45, 7) is 5.01. The van der Waals surface area contributed by atoms with Gasteiger partial charge in [0.1, 0.15) is 17.8 Å². The fourth-order valence-electron chi connectivity index (χ4n) is 6.67. The number of carbonyl (C=O) groups excluding carboxylic acids is 1. The van der Waals surface area contributed by atoms with E-state index in [0.717, 1.165) is 5.56 Å². The molecule has 6 nitrogen and oxygen atoms in total. The molecule has 2 aliphatic carbocycles. The number of hydrogen-bond donors (Lipinski definition) is 1. The highest BCUT2D eigenvalue weighted by molar-refractivity contribution is 5.87. The Balaban J connectivity index is 1.46. The molecule has 5 aliphatic rings. The zero-order chi connectivity index (χ0) is 19.3. The lowest BCUT2D eigenvalue weighted by Crippen LogP contribution is -2.74. The maximum atomic E-state index is 13.4. The zero-order valence-electron chi connectivity index (χ0n) is 16.2. The van der Waals surface area contributed by atoms with Crippen molar-refractivity contribution in [3.8, 4) is 0 Å². The van der Waals surface area contributed by atoms with Crippen molar-refractivity contribution in [1.29, 1.82) is 0 Å². The number of aliphatic hydroxyl groups is 1. The lowest BCUT2D eigenvalue weighted by atomic mass is 9.49. The van der Waals surface area contributed by atoms with Crippen LogP contribution in [0.5, 0.6) is 0 Å². The summed E-state index contributed by atoms with van der Waals surface area (Å²) < 4.78 is 25.1. The van der Waals surface area contributed by atoms with E-state index in [9.17, 15) is 9.90 Å². The summed E-state index contributed by atoms with van der Waals surface area (Å²) in [6.07, 6.45) is -1.15. The van der Waals surface area contributed by atoms with E-state index >= 15 is 0 Å². The molecule has 0 aromatic heterocycles. The Labute approximate surface area is 164 Å². The summed E-state index contributed by atoms with van der Waals surface area (Å²) in [5, 5.41) is 10.8. The third kappa shape index (κ3) is 1.84. The van der Waals surface area contributed by atoms with E-state index in [-0.39, 0.29) is 23.9 Å². The third-order valence-electron chi connectivity index (χ3n) is 8.31. The zero-order valence-corrected chi connectivity index (χ0v) is 16.2. The molecule has 6 rings (SSSR count). The van der Waals surface area contributed by atoms with E-state index in [1.165, 1.54) is 0 Å². The van der Waals surface area contributed by atoms with Gasteiger partial charge < -0.3 is 24.1 Å². The fraction of sp³-hybridized carbons (Fsp3) is 0.682. The van der Waals surface area contributed by atoms with Crippen molar-refractivity contribution in [1.82, 2.24) is 0 Å². The number of epoxide rings is 1. The highest BCUT2D eigenvalue weighted by Crippen LogP contribution is 2.73. The van der Waals surface area contributed by atoms with Gasteiger partial charge in [0.25, 0.3) is 0 Å². The van der Waals surface area contributed by atoms with Gasteiger partial charge in [0.15, 0.2) is 12.1 Å². The number of benzene rings is 1. The first-order valence-electron chi connectivity index (χ1n) is 10.3. The van der Waals surface area contributed by atoms with Gasteiger partial charge in [0.2, 0.25) is 0 Å². The van der Waals surface area contributed by atoms with Crippen LogP contribution in [-0.4, -0.2) is 54.1 Å². The Morgan fingerprint density at radius 3 is 2.61 bits per heavy atom. The number of ether oxygens (including phenoxy) is 4. The van der Waals surface area contributed by atoms with Crippen molar-refractivity contribution in [2.45, 2.75) is 63.0 Å². The predicted octanol–water partition coefficient (Wildman–Crippen LogP) is 2.00. The topological polar surface area (TPSA) is 77.5 Å². The van der Waals surface area contributed by atoms with Crippen LogP contribution in [0.2, 0.25) is 0 Å². The van der Waals surface area contributed by atoms with Crippen molar-refractivity contribution < 1.29 is 28.8 Å². The molecule has 6 heteroatoms. The molecule has 2 unspecified atom stereocenters. The molecule has 1 aromatic carbocycles. The van der Waals surface area contributed by atoms with Gasteiger partial charge in [-0.05, 0) is 12.8 Å². The smallest absolute Gasteiger partial charge is 0.184 e. The molecule has 5 fully saturated rings. The number of hydrogen-bond acceptors (Lipinski definition) is 6. The van der Waals surface area contributed by atoms with Gasteiger partial charge in [0, 0.05) is 16.9 Å². The first kappa shape index (κ1) is 17.5. The third-order valence-corrected chi connectivity index (χ3v) is 8.31. The van der Waals surface area contributed by atoms with E-state index in [4.69, 9.17) is 18.9 Å². The quantitative estimate of drug-likeness (QED) is 0.744. The summed E-state index contributed by atoms with van der Waals surface area (Å²) in [4.78, 5) is 13.4. The minimum absolute atomic E-state index is 0.112. The largest absolute Gasteiger partial charge is 0.390 e. The van der Waals surface area contributed by atoms with Crippen LogP contribution >= 0.6 is 0 Å². The fourth-order valence-corrected chi connectivity index (χ4v) is 6.67. The summed E-state index contributed by atoms with van der Waals surface area (Å²) in [5.41, 5.74) is -0.709. The van der Waals surface area contributed by atoms with Gasteiger partial charge in [-0.25, -0.2) is 0 Å². The Hall–Kier alpha value is -1.31. The van der Waals surface area contributed by atoms with Crippen molar-refractivity contribution >= 4 is 5.78 Å². The van der Waals surface area contributed by atoms with Crippen LogP contribution in [0.3, 0.4) is 0 Å². The Kier molecular flexibility index (Phi) is 3.40. The van der Waals surface area contributed by atoms with Crippen LogP contribution in [0.1, 0.15) is 38.5 Å². The van der Waals surface area contributed by atoms with Crippen LogP contribution in [0.15, 0.2) is 30.3 Å². The number of ketones is 1. The van der Waals surface area contributed by atoms with E-state index in [0.29, 0.717) is 26.1 Å². The summed E-state index contributed by atoms with van der Waals surface area (Å²) in [7, 11) is 0. The van der Waals surface area contributed by atoms with Gasteiger partial charge in [-0.3, -0.25) is 4.79 Å². The standard InChI is InChI=1S/C22H26O6/c1-12-8-15-21(20(2)9-14(23)17(27-15)22(20)11-26-22)10-25-19(28-18(21)16(12)24)13-6-4-3-5-7-13/h3-7,12,14-15,17-19,23H,8-11H2,1-2H3/t12-,14-,15-,17-,18-,19?,20-,21-,22?/m1/s1. The first-order valence-corrected chi connectivity index (χ1v) is 10.3. The molecule has 2 spiro atoms. The minimum atomic E-state index is -0.646. The van der Waals surface area contributed by atoms with Gasteiger partial charge >= 0.3 is 0 Å². The van der Waals surface area contributed by atoms with Crippen LogP contribution < -0.4 is 0 Å². The van der Waals surface area contributed by atoms with Crippen LogP contribution in [0.25, 0.3) is 0 Å². The Morgan fingerprint density at radius 1 is 1.14 bits per heavy atom. The van der Waals surface area contributed by atoms with E-state index in [2.05, 4.69) is 6.92 Å². The molecule has 3 saturated heterocycles. The molecular formula is C22H26O6. The molecule has 2 bridgehead atoms. The Bertz CT molecular complexity index is 822. The highest BCUT2D eigenvalue weighted by atomic mass is 16.7. The van der Waals surface area contributed by atoms with Gasteiger partial charge in [-0.15, -0.1) is 0 Å². The average molecular weight is 386 g/mol. The van der Waals surface area contributed by atoms with Crippen LogP contribution in [0, 0.1) is 16.7 Å². The number of Topliss-reactive ketones (excluding diaryl/α,β-unsaturated/α-hetero) is 1. The molecular weight excluding hydrogens is 360 g/mol. The molecule has 3 heterocycles. The van der Waals surface area contributed by atoms with E-state index < -0.39 is 34.9 Å². The Morgan fingerprint density at radius 2 is 1.89 bits per heavy atom. The normalized spacial score (nSPS) is 54.3. The lowest BCUT2D eigenvalue weighted by Gasteiger charge is -2.63. The molecule has 1 N–H and O–H groups in total. The summed E-state index contributed by atoms with van der Waals surface area (Å²) in [5.74, 6) is -0.0343. The SMILES string of the molecule is C[C@@H]1C[C@H]2O[C@@H]3[C@H](O)C[C@@](C)(C34CO4)[C@]23COC(c2ccccc2)O[C@@H]3C1=O. The van der Waals surface area contributed by atoms with Crippen molar-refractivity contribution in [2.24, 2.45) is 16.7 Å². The second-order valence-corrected chi connectivity index (χ2v) is 9.48. The molecule has 9 atom stereocenters. The van der Waals surface area contributed by atoms with E-state index in [1.807, 2.05) is 37.3 Å². The van der Waals surface area contributed by atoms with Gasteiger partial charge in [-0.2, -0.15) is 0 Å². The van der Waals surface area contributed by atoms with Crippen LogP contribution in [0.4, 0.5) is 0 Å². The molecule has 0 amide bonds. The second-order valence-electron chi connectivity index (χ2n) is 9.48. The molecule has 150 valence electrons. The van der Waals surface area contributed by atoms with Gasteiger partial charge in [0.05, 0.1) is 30.8 Å². The number of aliphatic hydroxyl groups excluding tert-OH is 1. The maximum Gasteiger partial charge on any atom is 0.184 e. The maximum absolute atomic E-state index is 13.4. The van der Waals surface area contributed by atoms with Crippen molar-refractivity contribution in [3.05, 3.63) is 35.9 Å². The predicted molar refractivity (Wildman–Crippen MR) is 97.3 cm³/mol. The molecule has 28 heavy (non-hydrogen) atoms. The summed E-state index contributed by atoms with van der Waals surface area (Å²) >= 11 is 0. The second kappa shape index (κ2) is 5.43.